The molecule has 0 amide bonds. The highest BCUT2D eigenvalue weighted by atomic mass is 35.5. The second-order valence-electron chi connectivity index (χ2n) is 3.73. The van der Waals surface area contributed by atoms with Crippen LogP contribution in [0.15, 0.2) is 6.07 Å². The summed E-state index contributed by atoms with van der Waals surface area (Å²) in [7, 11) is -3.07. The van der Waals surface area contributed by atoms with Crippen LogP contribution in [0, 0.1) is 0 Å². The predicted octanol–water partition coefficient (Wildman–Crippen LogP) is 2.89. The number of anilines is 1. The molecule has 0 spiro atoms. The van der Waals surface area contributed by atoms with Gasteiger partial charge in [0.2, 0.25) is 0 Å². The molecule has 0 fully saturated rings. The quantitative estimate of drug-likeness (QED) is 0.868. The van der Waals surface area contributed by atoms with Crippen LogP contribution in [-0.2, 0) is 9.84 Å². The van der Waals surface area contributed by atoms with E-state index in [-0.39, 0.29) is 22.0 Å². The lowest BCUT2D eigenvalue weighted by Gasteiger charge is -2.14. The number of nitrogens with zero attached hydrogens (tertiary/aromatic N) is 1. The number of nitrogens with one attached hydrogen (secondary N) is 1. The molecule has 0 bridgehead atoms. The molecule has 96 valence electrons. The topological polar surface area (TPSA) is 59.1 Å². The molecule has 1 atom stereocenters. The molecule has 0 saturated carbocycles. The van der Waals surface area contributed by atoms with E-state index in [1.54, 1.807) is 6.92 Å². The Kier molecular flexibility index (Phi) is 4.89. The SMILES string of the molecule is CC(CS(C)(=O)=O)Nc1nc(Cl)c(Cl)cc1Cl. The molecular weight excluding hydrogens is 307 g/mol. The highest BCUT2D eigenvalue weighted by molar-refractivity contribution is 7.90. The third kappa shape index (κ3) is 4.87. The summed E-state index contributed by atoms with van der Waals surface area (Å²) in [5, 5.41) is 3.52. The lowest BCUT2D eigenvalue weighted by Crippen LogP contribution is -2.25. The van der Waals surface area contributed by atoms with Gasteiger partial charge in [-0.15, -0.1) is 0 Å². The molecule has 0 aliphatic carbocycles. The van der Waals surface area contributed by atoms with Crippen LogP contribution in [0.4, 0.5) is 5.82 Å². The fourth-order valence-corrected chi connectivity index (χ4v) is 2.82. The van der Waals surface area contributed by atoms with Gasteiger partial charge in [0.05, 0.1) is 15.8 Å². The van der Waals surface area contributed by atoms with E-state index in [0.717, 1.165) is 6.26 Å². The molecule has 0 aliphatic rings. The second kappa shape index (κ2) is 5.61. The van der Waals surface area contributed by atoms with Gasteiger partial charge in [-0.25, -0.2) is 13.4 Å². The molecule has 0 saturated heterocycles. The molecular formula is C9H11Cl3N2O2S. The first-order valence-electron chi connectivity index (χ1n) is 4.65. The fraction of sp³-hybridized carbons (Fsp3) is 0.444. The van der Waals surface area contributed by atoms with Crippen molar-refractivity contribution in [3.8, 4) is 0 Å². The van der Waals surface area contributed by atoms with Gasteiger partial charge >= 0.3 is 0 Å². The largest absolute Gasteiger partial charge is 0.365 e. The second-order valence-corrected chi connectivity index (χ2v) is 7.09. The molecule has 1 heterocycles. The number of sulfone groups is 1. The monoisotopic (exact) mass is 316 g/mol. The van der Waals surface area contributed by atoms with Crippen molar-refractivity contribution >= 4 is 50.5 Å². The summed E-state index contributed by atoms with van der Waals surface area (Å²) in [5.41, 5.74) is 0. The van der Waals surface area contributed by atoms with Crippen molar-refractivity contribution in [2.45, 2.75) is 13.0 Å². The molecule has 0 radical (unpaired) electrons. The average Bonchev–Trinajstić information content (AvgIpc) is 2.11. The lowest BCUT2D eigenvalue weighted by atomic mass is 10.3. The van der Waals surface area contributed by atoms with E-state index in [1.165, 1.54) is 6.07 Å². The Labute approximate surface area is 115 Å². The van der Waals surface area contributed by atoms with Crippen molar-refractivity contribution in [1.29, 1.82) is 0 Å². The molecule has 1 aromatic heterocycles. The molecule has 0 aromatic carbocycles. The van der Waals surface area contributed by atoms with E-state index in [2.05, 4.69) is 10.3 Å². The third-order valence-corrected chi connectivity index (χ3v) is 3.89. The third-order valence-electron chi connectivity index (χ3n) is 1.82. The standard InChI is InChI=1S/C9H11Cl3N2O2S/c1-5(4-17(2,15)16)13-9-7(11)3-6(10)8(12)14-9/h3,5H,4H2,1-2H3,(H,13,14). The van der Waals surface area contributed by atoms with Crippen LogP contribution in [0.2, 0.25) is 15.2 Å². The van der Waals surface area contributed by atoms with Crippen molar-refractivity contribution in [2.75, 3.05) is 17.3 Å². The van der Waals surface area contributed by atoms with E-state index in [9.17, 15) is 8.42 Å². The van der Waals surface area contributed by atoms with Crippen LogP contribution in [0.25, 0.3) is 0 Å². The maximum absolute atomic E-state index is 11.1. The summed E-state index contributed by atoms with van der Waals surface area (Å²) in [5.74, 6) is 0.294. The molecule has 4 nitrogen and oxygen atoms in total. The Morgan fingerprint density at radius 1 is 1.35 bits per heavy atom. The maximum Gasteiger partial charge on any atom is 0.150 e. The van der Waals surface area contributed by atoms with Gasteiger partial charge in [0.25, 0.3) is 0 Å². The molecule has 8 heteroatoms. The molecule has 0 aliphatic heterocycles. The van der Waals surface area contributed by atoms with Gasteiger partial charge in [-0.05, 0) is 13.0 Å². The zero-order valence-electron chi connectivity index (χ0n) is 9.17. The average molecular weight is 318 g/mol. The van der Waals surface area contributed by atoms with E-state index in [1.807, 2.05) is 0 Å². The molecule has 17 heavy (non-hydrogen) atoms. The molecule has 1 aromatic rings. The first-order chi connectivity index (χ1) is 7.69. The van der Waals surface area contributed by atoms with Crippen LogP contribution >= 0.6 is 34.8 Å². The highest BCUT2D eigenvalue weighted by Crippen LogP contribution is 2.29. The van der Waals surface area contributed by atoms with Crippen molar-refractivity contribution in [3.05, 3.63) is 21.3 Å². The van der Waals surface area contributed by atoms with Gasteiger partial charge < -0.3 is 5.32 Å². The Morgan fingerprint density at radius 2 is 1.94 bits per heavy atom. The summed E-state index contributed by atoms with van der Waals surface area (Å²) in [6, 6.07) is 1.13. The lowest BCUT2D eigenvalue weighted by molar-refractivity contribution is 0.598. The Balaban J connectivity index is 2.85. The van der Waals surface area contributed by atoms with Crippen LogP contribution in [0.1, 0.15) is 6.92 Å². The first-order valence-corrected chi connectivity index (χ1v) is 7.84. The van der Waals surface area contributed by atoms with E-state index >= 15 is 0 Å². The number of rotatable bonds is 4. The number of pyridine rings is 1. The van der Waals surface area contributed by atoms with Crippen LogP contribution in [0.5, 0.6) is 0 Å². The summed E-state index contributed by atoms with van der Waals surface area (Å²) >= 11 is 17.4. The number of hydrogen-bond acceptors (Lipinski definition) is 4. The minimum Gasteiger partial charge on any atom is -0.365 e. The number of hydrogen-bond donors (Lipinski definition) is 1. The summed E-state index contributed by atoms with van der Waals surface area (Å²) in [6.07, 6.45) is 1.16. The zero-order chi connectivity index (χ0) is 13.2. The summed E-state index contributed by atoms with van der Waals surface area (Å²) < 4.78 is 22.2. The number of halogens is 3. The van der Waals surface area contributed by atoms with Crippen LogP contribution < -0.4 is 5.32 Å². The van der Waals surface area contributed by atoms with Gasteiger partial charge in [-0.2, -0.15) is 0 Å². The van der Waals surface area contributed by atoms with Crippen molar-refractivity contribution < 1.29 is 8.42 Å². The first kappa shape index (κ1) is 14.8. The van der Waals surface area contributed by atoms with Crippen LogP contribution in [0.3, 0.4) is 0 Å². The van der Waals surface area contributed by atoms with Gasteiger partial charge in [0.15, 0.2) is 0 Å². The fourth-order valence-electron chi connectivity index (χ4n) is 1.27. The Morgan fingerprint density at radius 3 is 2.47 bits per heavy atom. The Hall–Kier alpha value is -0.230. The highest BCUT2D eigenvalue weighted by Gasteiger charge is 2.14. The molecule has 1 unspecified atom stereocenters. The summed E-state index contributed by atoms with van der Waals surface area (Å²) in [4.78, 5) is 3.94. The van der Waals surface area contributed by atoms with Crippen molar-refractivity contribution in [2.24, 2.45) is 0 Å². The van der Waals surface area contributed by atoms with Gasteiger partial charge in [-0.1, -0.05) is 34.8 Å². The van der Waals surface area contributed by atoms with E-state index in [4.69, 9.17) is 34.8 Å². The van der Waals surface area contributed by atoms with Crippen molar-refractivity contribution in [3.63, 3.8) is 0 Å². The number of aromatic nitrogens is 1. The van der Waals surface area contributed by atoms with Gasteiger partial charge in [0, 0.05) is 12.3 Å². The minimum absolute atomic E-state index is 0.0226. The Bertz CT molecular complexity index is 519. The summed E-state index contributed by atoms with van der Waals surface area (Å²) in [6.45, 7) is 1.71. The van der Waals surface area contributed by atoms with Gasteiger partial charge in [-0.3, -0.25) is 0 Å². The normalized spacial score (nSPS) is 13.5. The van der Waals surface area contributed by atoms with Crippen LogP contribution in [-0.4, -0.2) is 31.5 Å². The molecule has 1 N–H and O–H groups in total. The van der Waals surface area contributed by atoms with E-state index < -0.39 is 9.84 Å². The van der Waals surface area contributed by atoms with Crippen molar-refractivity contribution in [1.82, 2.24) is 4.98 Å². The van der Waals surface area contributed by atoms with E-state index in [0.29, 0.717) is 10.8 Å². The molecule has 1 rings (SSSR count). The predicted molar refractivity (Wildman–Crippen MR) is 72.1 cm³/mol. The minimum atomic E-state index is -3.07. The smallest absolute Gasteiger partial charge is 0.150 e. The zero-order valence-corrected chi connectivity index (χ0v) is 12.3. The maximum atomic E-state index is 11.1. The van der Waals surface area contributed by atoms with Gasteiger partial charge in [0.1, 0.15) is 20.8 Å².